The van der Waals surface area contributed by atoms with Gasteiger partial charge in [0.15, 0.2) is 0 Å². The van der Waals surface area contributed by atoms with Crippen LogP contribution in [0.4, 0.5) is 10.5 Å². The van der Waals surface area contributed by atoms with Gasteiger partial charge in [0.2, 0.25) is 5.91 Å². The summed E-state index contributed by atoms with van der Waals surface area (Å²) in [6.07, 6.45) is -1.48. The van der Waals surface area contributed by atoms with Crippen molar-refractivity contribution < 1.29 is 29.3 Å². The average Bonchev–Trinajstić information content (AvgIpc) is 3.16. The maximum atomic E-state index is 12.6. The number of carbonyl (C=O) groups is 3. The maximum Gasteiger partial charge on any atom is 0.407 e. The van der Waals surface area contributed by atoms with E-state index in [4.69, 9.17) is 9.84 Å². The zero-order chi connectivity index (χ0) is 24.1. The standard InChI is InChI=1S/C26H24N2O6/c29-14-16-9-11-17(12-10-16)27-25(32)23(13-24(30)31)28-26(33)34-15-22-20-7-3-1-5-18(20)19-6-2-4-8-21(19)22/h1-12,22-23,29H,13-15H2,(H,27,32)(H,28,33)(H,30,31). The molecule has 1 aliphatic rings. The van der Waals surface area contributed by atoms with Gasteiger partial charge in [-0.15, -0.1) is 0 Å². The molecule has 4 rings (SSSR count). The molecule has 0 heterocycles. The van der Waals surface area contributed by atoms with Crippen molar-refractivity contribution in [1.29, 1.82) is 0 Å². The van der Waals surface area contributed by atoms with Gasteiger partial charge in [0.1, 0.15) is 12.6 Å². The molecule has 4 N–H and O–H groups in total. The number of anilines is 1. The lowest BCUT2D eigenvalue weighted by Gasteiger charge is -2.19. The first-order chi connectivity index (χ1) is 16.5. The molecule has 34 heavy (non-hydrogen) atoms. The number of amides is 2. The highest BCUT2D eigenvalue weighted by Crippen LogP contribution is 2.44. The molecule has 0 aromatic heterocycles. The number of fused-ring (bicyclic) bond motifs is 3. The molecule has 3 aromatic carbocycles. The highest BCUT2D eigenvalue weighted by Gasteiger charge is 2.30. The van der Waals surface area contributed by atoms with Crippen molar-refractivity contribution >= 4 is 23.7 Å². The molecule has 8 nitrogen and oxygen atoms in total. The van der Waals surface area contributed by atoms with Crippen LogP contribution in [0.3, 0.4) is 0 Å². The number of hydrogen-bond acceptors (Lipinski definition) is 5. The first-order valence-corrected chi connectivity index (χ1v) is 10.8. The monoisotopic (exact) mass is 460 g/mol. The molecule has 2 amide bonds. The third-order valence-corrected chi connectivity index (χ3v) is 5.74. The van der Waals surface area contributed by atoms with E-state index in [9.17, 15) is 19.5 Å². The second kappa shape index (κ2) is 10.2. The smallest absolute Gasteiger partial charge is 0.407 e. The van der Waals surface area contributed by atoms with Crippen molar-refractivity contribution in [3.63, 3.8) is 0 Å². The molecule has 1 unspecified atom stereocenters. The van der Waals surface area contributed by atoms with Gasteiger partial charge < -0.3 is 25.6 Å². The van der Waals surface area contributed by atoms with Crippen LogP contribution in [0.1, 0.15) is 29.0 Å². The number of rotatable bonds is 8. The molecule has 0 spiro atoms. The number of carboxylic acid groups (broad SMARTS) is 1. The third-order valence-electron chi connectivity index (χ3n) is 5.74. The Morgan fingerprint density at radius 1 is 0.882 bits per heavy atom. The molecular weight excluding hydrogens is 436 g/mol. The second-order valence-electron chi connectivity index (χ2n) is 7.96. The summed E-state index contributed by atoms with van der Waals surface area (Å²) < 4.78 is 5.43. The zero-order valence-electron chi connectivity index (χ0n) is 18.2. The quantitative estimate of drug-likeness (QED) is 0.408. The van der Waals surface area contributed by atoms with Gasteiger partial charge in [-0.05, 0) is 39.9 Å². The molecule has 1 aliphatic carbocycles. The van der Waals surface area contributed by atoms with Crippen LogP contribution in [0.25, 0.3) is 11.1 Å². The van der Waals surface area contributed by atoms with Gasteiger partial charge in [-0.1, -0.05) is 60.7 Å². The van der Waals surface area contributed by atoms with Crippen LogP contribution < -0.4 is 10.6 Å². The maximum absolute atomic E-state index is 12.6. The second-order valence-corrected chi connectivity index (χ2v) is 7.96. The number of carbonyl (C=O) groups excluding carboxylic acids is 2. The van der Waals surface area contributed by atoms with E-state index in [2.05, 4.69) is 10.6 Å². The summed E-state index contributed by atoms with van der Waals surface area (Å²) in [5.41, 5.74) is 5.33. The summed E-state index contributed by atoms with van der Waals surface area (Å²) in [5, 5.41) is 23.3. The van der Waals surface area contributed by atoms with Crippen LogP contribution >= 0.6 is 0 Å². The lowest BCUT2D eigenvalue weighted by molar-refractivity contribution is -0.139. The van der Waals surface area contributed by atoms with Crippen LogP contribution in [0.5, 0.6) is 0 Å². The van der Waals surface area contributed by atoms with E-state index in [1.807, 2.05) is 48.5 Å². The average molecular weight is 460 g/mol. The Morgan fingerprint density at radius 2 is 1.47 bits per heavy atom. The number of nitrogens with one attached hydrogen (secondary N) is 2. The molecule has 0 saturated heterocycles. The number of benzene rings is 3. The Bertz CT molecular complexity index is 1160. The number of aliphatic carboxylic acids is 1. The highest BCUT2D eigenvalue weighted by molar-refractivity contribution is 5.98. The van der Waals surface area contributed by atoms with E-state index < -0.39 is 30.4 Å². The number of aliphatic hydroxyl groups is 1. The number of carboxylic acids is 1. The van der Waals surface area contributed by atoms with Crippen LogP contribution in [-0.4, -0.2) is 40.8 Å². The number of alkyl carbamates (subject to hydrolysis) is 1. The summed E-state index contributed by atoms with van der Waals surface area (Å²) in [6.45, 7) is -0.0941. The fraction of sp³-hybridized carbons (Fsp3) is 0.192. The minimum absolute atomic E-state index is 0.0455. The molecule has 0 radical (unpaired) electrons. The largest absolute Gasteiger partial charge is 0.481 e. The molecule has 3 aromatic rings. The van der Waals surface area contributed by atoms with E-state index in [0.29, 0.717) is 11.3 Å². The van der Waals surface area contributed by atoms with E-state index in [-0.39, 0.29) is 19.1 Å². The van der Waals surface area contributed by atoms with Crippen molar-refractivity contribution in [2.24, 2.45) is 0 Å². The molecule has 0 fully saturated rings. The Kier molecular flexibility index (Phi) is 6.89. The van der Waals surface area contributed by atoms with Gasteiger partial charge in [0.05, 0.1) is 13.0 Å². The Morgan fingerprint density at radius 3 is 2.03 bits per heavy atom. The van der Waals surface area contributed by atoms with Crippen molar-refractivity contribution in [3.8, 4) is 11.1 Å². The lowest BCUT2D eigenvalue weighted by atomic mass is 9.98. The van der Waals surface area contributed by atoms with Gasteiger partial charge in [-0.25, -0.2) is 4.79 Å². The molecule has 0 aliphatic heterocycles. The van der Waals surface area contributed by atoms with E-state index in [1.54, 1.807) is 24.3 Å². The van der Waals surface area contributed by atoms with Crippen molar-refractivity contribution in [1.82, 2.24) is 5.32 Å². The molecule has 0 saturated carbocycles. The first-order valence-electron chi connectivity index (χ1n) is 10.8. The predicted molar refractivity (Wildman–Crippen MR) is 125 cm³/mol. The van der Waals surface area contributed by atoms with Crippen LogP contribution in [0.15, 0.2) is 72.8 Å². The highest BCUT2D eigenvalue weighted by atomic mass is 16.5. The molecule has 0 bridgehead atoms. The van der Waals surface area contributed by atoms with Crippen molar-refractivity contribution in [3.05, 3.63) is 89.5 Å². The summed E-state index contributed by atoms with van der Waals surface area (Å²) in [4.78, 5) is 36.4. The third kappa shape index (κ3) is 5.07. The molecule has 1 atom stereocenters. The number of hydrogen-bond donors (Lipinski definition) is 4. The minimum atomic E-state index is -1.33. The fourth-order valence-electron chi connectivity index (χ4n) is 4.09. The van der Waals surface area contributed by atoms with Gasteiger partial charge in [0.25, 0.3) is 0 Å². The summed E-state index contributed by atoms with van der Waals surface area (Å²) in [7, 11) is 0. The van der Waals surface area contributed by atoms with Crippen LogP contribution in [0.2, 0.25) is 0 Å². The SMILES string of the molecule is O=C(O)CC(NC(=O)OCC1c2ccccc2-c2ccccc21)C(=O)Nc1ccc(CO)cc1. The summed E-state index contributed by atoms with van der Waals surface area (Å²) in [5.74, 6) is -2.09. The van der Waals surface area contributed by atoms with Gasteiger partial charge in [-0.3, -0.25) is 9.59 Å². The van der Waals surface area contributed by atoms with E-state index in [1.165, 1.54) is 0 Å². The Hall–Kier alpha value is -4.17. The fourth-order valence-corrected chi connectivity index (χ4v) is 4.09. The van der Waals surface area contributed by atoms with E-state index in [0.717, 1.165) is 22.3 Å². The number of ether oxygens (including phenoxy) is 1. The Labute approximate surface area is 196 Å². The van der Waals surface area contributed by atoms with E-state index >= 15 is 0 Å². The van der Waals surface area contributed by atoms with Crippen LogP contribution in [-0.2, 0) is 20.9 Å². The van der Waals surface area contributed by atoms with Gasteiger partial charge in [0, 0.05) is 11.6 Å². The van der Waals surface area contributed by atoms with Crippen molar-refractivity contribution in [2.45, 2.75) is 25.0 Å². The number of aliphatic hydroxyl groups excluding tert-OH is 1. The Balaban J connectivity index is 1.41. The van der Waals surface area contributed by atoms with Crippen molar-refractivity contribution in [2.75, 3.05) is 11.9 Å². The summed E-state index contributed by atoms with van der Waals surface area (Å²) >= 11 is 0. The lowest BCUT2D eigenvalue weighted by Crippen LogP contribution is -2.45. The minimum Gasteiger partial charge on any atom is -0.481 e. The van der Waals surface area contributed by atoms with Crippen LogP contribution in [0, 0.1) is 0 Å². The topological polar surface area (TPSA) is 125 Å². The molecule has 8 heteroatoms. The normalized spacial score (nSPS) is 12.9. The molecule has 174 valence electrons. The zero-order valence-corrected chi connectivity index (χ0v) is 18.2. The predicted octanol–water partition coefficient (Wildman–Crippen LogP) is 3.50. The molecular formula is C26H24N2O6. The summed E-state index contributed by atoms with van der Waals surface area (Å²) in [6, 6.07) is 20.9. The first kappa shape index (κ1) is 23.0. The van der Waals surface area contributed by atoms with Gasteiger partial charge >= 0.3 is 12.1 Å². The van der Waals surface area contributed by atoms with Gasteiger partial charge in [-0.2, -0.15) is 0 Å².